The molecule has 0 N–H and O–H groups in total. The molecule has 0 unspecified atom stereocenters. The zero-order chi connectivity index (χ0) is 13.1. The molecule has 0 bridgehead atoms. The second-order valence-electron chi connectivity index (χ2n) is 5.76. The topological polar surface area (TPSA) is 20.3 Å². The second kappa shape index (κ2) is 5.66. The summed E-state index contributed by atoms with van der Waals surface area (Å²) >= 11 is 0. The molecule has 1 saturated carbocycles. The molecule has 1 aromatic carbocycles. The van der Waals surface area contributed by atoms with Gasteiger partial charge in [-0.1, -0.05) is 29.8 Å². The maximum absolute atomic E-state index is 12.2. The first kappa shape index (κ1) is 13.3. The minimum Gasteiger partial charge on any atom is -0.293 e. The van der Waals surface area contributed by atoms with Gasteiger partial charge in [-0.3, -0.25) is 9.69 Å². The summed E-state index contributed by atoms with van der Waals surface area (Å²) in [6, 6.07) is 8.34. The highest BCUT2D eigenvalue weighted by atomic mass is 16.1. The standard InChI is InChI=1S/C16H23NO/c1-12(2)17(10-14-6-7-14)11-16(18)15-8-4-13(3)5-9-15/h4-5,8-9,12,14H,6-7,10-11H2,1-3H3. The van der Waals surface area contributed by atoms with Crippen LogP contribution in [0.3, 0.4) is 0 Å². The van der Waals surface area contributed by atoms with Gasteiger partial charge in [0.1, 0.15) is 0 Å². The fraction of sp³-hybridized carbons (Fsp3) is 0.562. The van der Waals surface area contributed by atoms with Crippen LogP contribution in [0.1, 0.15) is 42.6 Å². The minimum atomic E-state index is 0.240. The van der Waals surface area contributed by atoms with E-state index < -0.39 is 0 Å². The Balaban J connectivity index is 1.97. The van der Waals surface area contributed by atoms with Crippen LogP contribution in [0.5, 0.6) is 0 Å². The van der Waals surface area contributed by atoms with Gasteiger partial charge in [0.25, 0.3) is 0 Å². The molecule has 1 aliphatic carbocycles. The maximum Gasteiger partial charge on any atom is 0.176 e. The van der Waals surface area contributed by atoms with Gasteiger partial charge in [-0.05, 0) is 39.5 Å². The Kier molecular flexibility index (Phi) is 4.18. The van der Waals surface area contributed by atoms with Gasteiger partial charge in [0.15, 0.2) is 5.78 Å². The van der Waals surface area contributed by atoms with Gasteiger partial charge in [-0.25, -0.2) is 0 Å². The Morgan fingerprint density at radius 3 is 2.39 bits per heavy atom. The van der Waals surface area contributed by atoms with Crippen molar-refractivity contribution in [1.29, 1.82) is 0 Å². The summed E-state index contributed by atoms with van der Waals surface area (Å²) in [6.07, 6.45) is 2.67. The van der Waals surface area contributed by atoms with E-state index in [-0.39, 0.29) is 5.78 Å². The third kappa shape index (κ3) is 3.67. The lowest BCUT2D eigenvalue weighted by atomic mass is 10.1. The molecule has 98 valence electrons. The summed E-state index contributed by atoms with van der Waals surface area (Å²) in [5.41, 5.74) is 2.03. The first-order chi connectivity index (χ1) is 8.56. The van der Waals surface area contributed by atoms with Crippen molar-refractivity contribution in [3.05, 3.63) is 35.4 Å². The van der Waals surface area contributed by atoms with Crippen molar-refractivity contribution in [2.24, 2.45) is 5.92 Å². The molecule has 0 heterocycles. The fourth-order valence-corrected chi connectivity index (χ4v) is 2.11. The normalized spacial score (nSPS) is 15.4. The SMILES string of the molecule is Cc1ccc(C(=O)CN(CC2CC2)C(C)C)cc1. The summed E-state index contributed by atoms with van der Waals surface area (Å²) in [5, 5.41) is 0. The summed E-state index contributed by atoms with van der Waals surface area (Å²) in [4.78, 5) is 14.5. The molecule has 0 radical (unpaired) electrons. The molecule has 2 rings (SSSR count). The van der Waals surface area contributed by atoms with E-state index in [4.69, 9.17) is 0 Å². The van der Waals surface area contributed by atoms with Crippen molar-refractivity contribution in [3.63, 3.8) is 0 Å². The van der Waals surface area contributed by atoms with E-state index >= 15 is 0 Å². The smallest absolute Gasteiger partial charge is 0.176 e. The van der Waals surface area contributed by atoms with E-state index in [9.17, 15) is 4.79 Å². The lowest BCUT2D eigenvalue weighted by Crippen LogP contribution is -2.37. The lowest BCUT2D eigenvalue weighted by Gasteiger charge is -2.25. The molecular weight excluding hydrogens is 222 g/mol. The molecule has 0 aromatic heterocycles. The number of benzene rings is 1. The summed E-state index contributed by atoms with van der Waals surface area (Å²) in [5.74, 6) is 1.07. The highest BCUT2D eigenvalue weighted by Gasteiger charge is 2.26. The largest absolute Gasteiger partial charge is 0.293 e. The third-order valence-corrected chi connectivity index (χ3v) is 3.64. The van der Waals surface area contributed by atoms with Gasteiger partial charge in [-0.15, -0.1) is 0 Å². The van der Waals surface area contributed by atoms with Crippen LogP contribution in [-0.4, -0.2) is 29.8 Å². The summed E-state index contributed by atoms with van der Waals surface area (Å²) in [6.45, 7) is 8.02. The minimum absolute atomic E-state index is 0.240. The average molecular weight is 245 g/mol. The van der Waals surface area contributed by atoms with Gasteiger partial charge in [0.05, 0.1) is 6.54 Å². The van der Waals surface area contributed by atoms with Crippen molar-refractivity contribution in [2.45, 2.75) is 39.7 Å². The Bertz CT molecular complexity index is 404. The molecule has 18 heavy (non-hydrogen) atoms. The molecule has 0 saturated heterocycles. The quantitative estimate of drug-likeness (QED) is 0.717. The molecule has 1 aromatic rings. The highest BCUT2D eigenvalue weighted by molar-refractivity contribution is 5.97. The summed E-state index contributed by atoms with van der Waals surface area (Å²) in [7, 11) is 0. The van der Waals surface area contributed by atoms with Crippen molar-refractivity contribution in [1.82, 2.24) is 4.90 Å². The van der Waals surface area contributed by atoms with Crippen LogP contribution in [0.25, 0.3) is 0 Å². The van der Waals surface area contributed by atoms with E-state index in [1.54, 1.807) is 0 Å². The zero-order valence-electron chi connectivity index (χ0n) is 11.6. The molecular formula is C16H23NO. The van der Waals surface area contributed by atoms with Crippen LogP contribution < -0.4 is 0 Å². The predicted molar refractivity (Wildman–Crippen MR) is 74.9 cm³/mol. The molecule has 1 aliphatic rings. The Labute approximate surface area is 110 Å². The molecule has 2 heteroatoms. The molecule has 1 fully saturated rings. The van der Waals surface area contributed by atoms with Crippen molar-refractivity contribution >= 4 is 5.78 Å². The third-order valence-electron chi connectivity index (χ3n) is 3.64. The number of nitrogens with zero attached hydrogens (tertiary/aromatic N) is 1. The van der Waals surface area contributed by atoms with Crippen LogP contribution >= 0.6 is 0 Å². The Morgan fingerprint density at radius 2 is 1.89 bits per heavy atom. The van der Waals surface area contributed by atoms with Crippen LogP contribution in [0.4, 0.5) is 0 Å². The van der Waals surface area contributed by atoms with Crippen LogP contribution in [0, 0.1) is 12.8 Å². The zero-order valence-corrected chi connectivity index (χ0v) is 11.6. The van der Waals surface area contributed by atoms with Gasteiger partial charge < -0.3 is 0 Å². The lowest BCUT2D eigenvalue weighted by molar-refractivity contribution is 0.0901. The first-order valence-corrected chi connectivity index (χ1v) is 6.90. The summed E-state index contributed by atoms with van der Waals surface area (Å²) < 4.78 is 0. The van der Waals surface area contributed by atoms with E-state index in [1.807, 2.05) is 31.2 Å². The van der Waals surface area contributed by atoms with Crippen molar-refractivity contribution in [2.75, 3.05) is 13.1 Å². The first-order valence-electron chi connectivity index (χ1n) is 6.90. The number of ketones is 1. The van der Waals surface area contributed by atoms with E-state index in [0.29, 0.717) is 12.6 Å². The monoisotopic (exact) mass is 245 g/mol. The number of hydrogen-bond donors (Lipinski definition) is 0. The number of hydrogen-bond acceptors (Lipinski definition) is 2. The molecule has 0 amide bonds. The molecule has 2 nitrogen and oxygen atoms in total. The number of Topliss-reactive ketones (excluding diaryl/α,β-unsaturated/α-hetero) is 1. The molecule has 0 atom stereocenters. The second-order valence-corrected chi connectivity index (χ2v) is 5.76. The van der Waals surface area contributed by atoms with Gasteiger partial charge >= 0.3 is 0 Å². The molecule has 0 spiro atoms. The number of aryl methyl sites for hydroxylation is 1. The maximum atomic E-state index is 12.2. The highest BCUT2D eigenvalue weighted by Crippen LogP contribution is 2.30. The number of carbonyl (C=O) groups excluding carboxylic acids is 1. The average Bonchev–Trinajstić information content (AvgIpc) is 3.12. The van der Waals surface area contributed by atoms with Crippen LogP contribution in [-0.2, 0) is 0 Å². The van der Waals surface area contributed by atoms with Gasteiger partial charge in [0, 0.05) is 18.2 Å². The van der Waals surface area contributed by atoms with Crippen molar-refractivity contribution < 1.29 is 4.79 Å². The number of rotatable bonds is 6. The number of carbonyl (C=O) groups is 1. The van der Waals surface area contributed by atoms with E-state index in [1.165, 1.54) is 18.4 Å². The fourth-order valence-electron chi connectivity index (χ4n) is 2.11. The Morgan fingerprint density at radius 1 is 1.28 bits per heavy atom. The van der Waals surface area contributed by atoms with Crippen molar-refractivity contribution in [3.8, 4) is 0 Å². The van der Waals surface area contributed by atoms with Crippen LogP contribution in [0.2, 0.25) is 0 Å². The molecule has 0 aliphatic heterocycles. The van der Waals surface area contributed by atoms with Gasteiger partial charge in [0.2, 0.25) is 0 Å². The van der Waals surface area contributed by atoms with E-state index in [0.717, 1.165) is 18.0 Å². The van der Waals surface area contributed by atoms with E-state index in [2.05, 4.69) is 18.7 Å². The van der Waals surface area contributed by atoms with Gasteiger partial charge in [-0.2, -0.15) is 0 Å². The predicted octanol–water partition coefficient (Wildman–Crippen LogP) is 3.30. The Hall–Kier alpha value is -1.15. The van der Waals surface area contributed by atoms with Crippen LogP contribution in [0.15, 0.2) is 24.3 Å².